The number of benzene rings is 4. The molecule has 1 N–H and O–H groups in total. The highest BCUT2D eigenvalue weighted by Crippen LogP contribution is 2.30. The summed E-state index contributed by atoms with van der Waals surface area (Å²) in [6.07, 6.45) is 0. The first-order valence-electron chi connectivity index (χ1n) is 12.2. The van der Waals surface area contributed by atoms with Crippen molar-refractivity contribution in [2.24, 2.45) is 0 Å². The minimum absolute atomic E-state index is 0.00922. The van der Waals surface area contributed by atoms with E-state index in [1.807, 2.05) is 37.3 Å². The van der Waals surface area contributed by atoms with Crippen LogP contribution in [0, 0.1) is 6.92 Å². The first-order valence-corrected chi connectivity index (χ1v) is 14.0. The number of halogens is 1. The van der Waals surface area contributed by atoms with Gasteiger partial charge in [-0.1, -0.05) is 71.8 Å². The molecule has 0 aliphatic heterocycles. The third kappa shape index (κ3) is 6.47. The summed E-state index contributed by atoms with van der Waals surface area (Å²) in [6, 6.07) is 26.6. The Balaban J connectivity index is 1.75. The molecule has 4 rings (SSSR count). The quantitative estimate of drug-likeness (QED) is 0.236. The Kier molecular flexibility index (Phi) is 8.69. The summed E-state index contributed by atoms with van der Waals surface area (Å²) in [5.74, 6) is -1.17. The first kappa shape index (κ1) is 27.9. The maximum atomic E-state index is 13.9. The standard InChI is InChI=1S/C30H27ClN2O5S/c1-3-38-30(35)26-19-23(15-18-27(26)31)32-29(34)25-11-7-8-12-28(25)33(20-22-9-5-4-6-10-22)39(36,37)24-16-13-21(2)14-17-24/h4-19H,3,20H2,1-2H3,(H,32,34). The van der Waals surface area contributed by atoms with Crippen molar-refractivity contribution in [1.82, 2.24) is 0 Å². The van der Waals surface area contributed by atoms with Crippen molar-refractivity contribution < 1.29 is 22.7 Å². The number of amides is 1. The van der Waals surface area contributed by atoms with Crippen LogP contribution in [-0.2, 0) is 21.3 Å². The maximum absolute atomic E-state index is 13.9. The Morgan fingerprint density at radius 1 is 0.872 bits per heavy atom. The van der Waals surface area contributed by atoms with E-state index in [1.54, 1.807) is 61.5 Å². The highest BCUT2D eigenvalue weighted by Gasteiger charge is 2.29. The van der Waals surface area contributed by atoms with Gasteiger partial charge in [-0.2, -0.15) is 0 Å². The van der Waals surface area contributed by atoms with E-state index in [0.29, 0.717) is 5.69 Å². The average Bonchev–Trinajstić information content (AvgIpc) is 2.93. The van der Waals surface area contributed by atoms with E-state index < -0.39 is 21.9 Å². The third-order valence-corrected chi connectivity index (χ3v) is 8.02. The van der Waals surface area contributed by atoms with Crippen LogP contribution in [0.1, 0.15) is 38.8 Å². The number of esters is 1. The van der Waals surface area contributed by atoms with Gasteiger partial charge in [0.1, 0.15) is 0 Å². The number of hydrogen-bond donors (Lipinski definition) is 1. The molecule has 0 heterocycles. The van der Waals surface area contributed by atoms with E-state index in [1.165, 1.54) is 16.4 Å². The molecule has 4 aromatic carbocycles. The minimum Gasteiger partial charge on any atom is -0.462 e. The predicted molar refractivity (Wildman–Crippen MR) is 153 cm³/mol. The second-order valence-corrected chi connectivity index (χ2v) is 11.0. The SMILES string of the molecule is CCOC(=O)c1cc(NC(=O)c2ccccc2N(Cc2ccccc2)S(=O)(=O)c2ccc(C)cc2)ccc1Cl. The Morgan fingerprint density at radius 3 is 2.23 bits per heavy atom. The van der Waals surface area contributed by atoms with Gasteiger partial charge in [0.2, 0.25) is 0 Å². The summed E-state index contributed by atoms with van der Waals surface area (Å²) in [6.45, 7) is 3.74. The van der Waals surface area contributed by atoms with E-state index in [0.717, 1.165) is 11.1 Å². The molecule has 0 spiro atoms. The van der Waals surface area contributed by atoms with Crippen LogP contribution >= 0.6 is 11.6 Å². The molecule has 0 aliphatic carbocycles. The smallest absolute Gasteiger partial charge is 0.339 e. The summed E-state index contributed by atoms with van der Waals surface area (Å²) < 4.78 is 34.1. The number of hydrogen-bond acceptors (Lipinski definition) is 5. The van der Waals surface area contributed by atoms with Crippen molar-refractivity contribution in [3.63, 3.8) is 0 Å². The van der Waals surface area contributed by atoms with Crippen molar-refractivity contribution in [3.8, 4) is 0 Å². The molecule has 7 nitrogen and oxygen atoms in total. The van der Waals surface area contributed by atoms with Crippen molar-refractivity contribution >= 4 is 44.9 Å². The predicted octanol–water partition coefficient (Wildman–Crippen LogP) is 6.47. The van der Waals surface area contributed by atoms with Crippen LogP contribution < -0.4 is 9.62 Å². The number of para-hydroxylation sites is 1. The molecule has 0 aromatic heterocycles. The number of anilines is 2. The largest absolute Gasteiger partial charge is 0.462 e. The van der Waals surface area contributed by atoms with Gasteiger partial charge in [-0.25, -0.2) is 13.2 Å². The van der Waals surface area contributed by atoms with E-state index in [2.05, 4.69) is 5.32 Å². The van der Waals surface area contributed by atoms with Crippen LogP contribution in [0.4, 0.5) is 11.4 Å². The van der Waals surface area contributed by atoms with E-state index >= 15 is 0 Å². The minimum atomic E-state index is -4.05. The van der Waals surface area contributed by atoms with Crippen LogP contribution in [0.25, 0.3) is 0 Å². The normalized spacial score (nSPS) is 11.1. The van der Waals surface area contributed by atoms with Crippen molar-refractivity contribution in [1.29, 1.82) is 0 Å². The van der Waals surface area contributed by atoms with E-state index in [4.69, 9.17) is 16.3 Å². The zero-order valence-electron chi connectivity index (χ0n) is 21.4. The van der Waals surface area contributed by atoms with Crippen LogP contribution in [-0.4, -0.2) is 26.9 Å². The Bertz CT molecular complexity index is 1590. The summed E-state index contributed by atoms with van der Waals surface area (Å²) in [5.41, 5.74) is 2.43. The topological polar surface area (TPSA) is 92.8 Å². The fraction of sp³-hybridized carbons (Fsp3) is 0.133. The monoisotopic (exact) mass is 562 g/mol. The van der Waals surface area contributed by atoms with Crippen molar-refractivity contribution in [3.05, 3.63) is 124 Å². The second-order valence-electron chi connectivity index (χ2n) is 8.70. The molecule has 0 aliphatic rings. The fourth-order valence-electron chi connectivity index (χ4n) is 3.94. The summed E-state index contributed by atoms with van der Waals surface area (Å²) >= 11 is 6.16. The molecular formula is C30H27ClN2O5S. The fourth-order valence-corrected chi connectivity index (χ4v) is 5.60. The summed E-state index contributed by atoms with van der Waals surface area (Å²) in [4.78, 5) is 25.9. The zero-order chi connectivity index (χ0) is 28.0. The number of ether oxygens (including phenoxy) is 1. The Labute approximate surface area is 233 Å². The number of aryl methyl sites for hydroxylation is 1. The van der Waals surface area contributed by atoms with Gasteiger partial charge in [0.05, 0.1) is 39.9 Å². The number of nitrogens with one attached hydrogen (secondary N) is 1. The molecule has 200 valence electrons. The molecule has 0 atom stereocenters. The van der Waals surface area contributed by atoms with E-state index in [-0.39, 0.29) is 39.9 Å². The number of sulfonamides is 1. The molecule has 0 saturated heterocycles. The lowest BCUT2D eigenvalue weighted by molar-refractivity contribution is 0.0526. The van der Waals surface area contributed by atoms with Gasteiger partial charge < -0.3 is 10.1 Å². The lowest BCUT2D eigenvalue weighted by Crippen LogP contribution is -2.32. The van der Waals surface area contributed by atoms with Gasteiger partial charge >= 0.3 is 5.97 Å². The highest BCUT2D eigenvalue weighted by molar-refractivity contribution is 7.92. The molecule has 1 amide bonds. The maximum Gasteiger partial charge on any atom is 0.339 e. The molecule has 0 saturated carbocycles. The molecular weight excluding hydrogens is 536 g/mol. The van der Waals surface area contributed by atoms with Crippen LogP contribution in [0.5, 0.6) is 0 Å². The molecule has 0 radical (unpaired) electrons. The van der Waals surface area contributed by atoms with E-state index in [9.17, 15) is 18.0 Å². The number of carbonyl (C=O) groups is 2. The Hall–Kier alpha value is -4.14. The lowest BCUT2D eigenvalue weighted by atomic mass is 10.1. The average molecular weight is 563 g/mol. The van der Waals surface area contributed by atoms with Crippen LogP contribution in [0.15, 0.2) is 102 Å². The zero-order valence-corrected chi connectivity index (χ0v) is 23.0. The van der Waals surface area contributed by atoms with Gasteiger partial charge in [-0.15, -0.1) is 0 Å². The molecule has 0 bridgehead atoms. The molecule has 4 aromatic rings. The summed E-state index contributed by atoms with van der Waals surface area (Å²) in [5, 5.41) is 2.94. The first-order chi connectivity index (χ1) is 18.7. The number of carbonyl (C=O) groups excluding carboxylic acids is 2. The molecule has 0 unspecified atom stereocenters. The van der Waals surface area contributed by atoms with Crippen molar-refractivity contribution in [2.75, 3.05) is 16.2 Å². The van der Waals surface area contributed by atoms with Crippen LogP contribution in [0.2, 0.25) is 5.02 Å². The van der Waals surface area contributed by atoms with Crippen molar-refractivity contribution in [2.45, 2.75) is 25.3 Å². The van der Waals surface area contributed by atoms with Gasteiger partial charge in [-0.3, -0.25) is 9.10 Å². The van der Waals surface area contributed by atoms with Gasteiger partial charge in [-0.05, 0) is 61.9 Å². The summed E-state index contributed by atoms with van der Waals surface area (Å²) in [7, 11) is -4.05. The highest BCUT2D eigenvalue weighted by atomic mass is 35.5. The third-order valence-electron chi connectivity index (χ3n) is 5.91. The number of nitrogens with zero attached hydrogens (tertiary/aromatic N) is 1. The second kappa shape index (κ2) is 12.1. The lowest BCUT2D eigenvalue weighted by Gasteiger charge is -2.27. The number of rotatable bonds is 9. The van der Waals surface area contributed by atoms with Gasteiger partial charge in [0, 0.05) is 5.69 Å². The van der Waals surface area contributed by atoms with Gasteiger partial charge in [0.25, 0.3) is 15.9 Å². The Morgan fingerprint density at radius 2 is 1.54 bits per heavy atom. The molecule has 39 heavy (non-hydrogen) atoms. The molecule has 0 fully saturated rings. The van der Waals surface area contributed by atoms with Crippen LogP contribution in [0.3, 0.4) is 0 Å². The molecule has 9 heteroatoms. The van der Waals surface area contributed by atoms with Gasteiger partial charge in [0.15, 0.2) is 0 Å².